The number of carbonyl (C=O) groups is 1. The van der Waals surface area contributed by atoms with Gasteiger partial charge in [-0.3, -0.25) is 9.59 Å². The molecule has 1 amide bonds. The van der Waals surface area contributed by atoms with E-state index in [4.69, 9.17) is 14.2 Å². The van der Waals surface area contributed by atoms with E-state index in [1.54, 1.807) is 35.2 Å². The second-order valence-electron chi connectivity index (χ2n) is 7.59. The highest BCUT2D eigenvalue weighted by Crippen LogP contribution is 2.38. The number of nitrogens with one attached hydrogen (secondary N) is 1. The van der Waals surface area contributed by atoms with E-state index in [1.807, 2.05) is 36.4 Å². The van der Waals surface area contributed by atoms with Gasteiger partial charge in [0.05, 0.1) is 38.8 Å². The van der Waals surface area contributed by atoms with Gasteiger partial charge in [-0.05, 0) is 29.8 Å². The molecule has 0 aliphatic rings. The standard InChI is InChI=1S/C26H25N3O5/c1-32-21-13-18(14-22(33-2)24(21)34-3)26(31)29(15-17-9-5-4-6-10-17)16-23-27-20-12-8-7-11-19(20)25(30)28-23/h4-14H,15-16H2,1-3H3,(H,27,28,30). The van der Waals surface area contributed by atoms with Crippen molar-refractivity contribution in [3.05, 3.63) is 94.0 Å². The molecule has 0 aliphatic carbocycles. The van der Waals surface area contributed by atoms with Crippen molar-refractivity contribution < 1.29 is 19.0 Å². The Bertz CT molecular complexity index is 1340. The maximum Gasteiger partial charge on any atom is 0.258 e. The molecule has 174 valence electrons. The lowest BCUT2D eigenvalue weighted by molar-refractivity contribution is 0.0724. The fraction of sp³-hybridized carbons (Fsp3) is 0.192. The number of hydrogen-bond donors (Lipinski definition) is 1. The monoisotopic (exact) mass is 459 g/mol. The second-order valence-corrected chi connectivity index (χ2v) is 7.59. The third-order valence-electron chi connectivity index (χ3n) is 5.42. The number of fused-ring (bicyclic) bond motifs is 1. The molecule has 1 heterocycles. The van der Waals surface area contributed by atoms with E-state index in [1.165, 1.54) is 21.3 Å². The summed E-state index contributed by atoms with van der Waals surface area (Å²) in [5.74, 6) is 1.26. The number of rotatable bonds is 8. The Morgan fingerprint density at radius 3 is 2.18 bits per heavy atom. The Morgan fingerprint density at radius 2 is 1.53 bits per heavy atom. The summed E-state index contributed by atoms with van der Waals surface area (Å²) in [6, 6.07) is 19.9. The van der Waals surface area contributed by atoms with Crippen LogP contribution in [0.15, 0.2) is 71.5 Å². The molecule has 0 saturated carbocycles. The molecule has 4 rings (SSSR count). The molecule has 0 spiro atoms. The highest BCUT2D eigenvalue weighted by Gasteiger charge is 2.22. The van der Waals surface area contributed by atoms with Crippen LogP contribution < -0.4 is 19.8 Å². The zero-order valence-electron chi connectivity index (χ0n) is 19.2. The number of aromatic amines is 1. The topological polar surface area (TPSA) is 93.8 Å². The number of amides is 1. The molecule has 0 unspecified atom stereocenters. The first-order valence-corrected chi connectivity index (χ1v) is 10.6. The minimum atomic E-state index is -0.279. The lowest BCUT2D eigenvalue weighted by Crippen LogP contribution is -2.31. The predicted molar refractivity (Wildman–Crippen MR) is 128 cm³/mol. The second kappa shape index (κ2) is 10.1. The number of benzene rings is 3. The van der Waals surface area contributed by atoms with Gasteiger partial charge < -0.3 is 24.1 Å². The summed E-state index contributed by atoms with van der Waals surface area (Å²) in [5.41, 5.74) is 1.61. The van der Waals surface area contributed by atoms with Crippen molar-refractivity contribution in [2.75, 3.05) is 21.3 Å². The molecule has 0 fully saturated rings. The van der Waals surface area contributed by atoms with Crippen LogP contribution in [0.2, 0.25) is 0 Å². The smallest absolute Gasteiger partial charge is 0.258 e. The van der Waals surface area contributed by atoms with E-state index < -0.39 is 0 Å². The number of ether oxygens (including phenoxy) is 3. The van der Waals surface area contributed by atoms with E-state index in [-0.39, 0.29) is 18.0 Å². The van der Waals surface area contributed by atoms with Gasteiger partial charge in [0, 0.05) is 12.1 Å². The molecule has 1 aromatic heterocycles. The Kier molecular flexibility index (Phi) is 6.77. The van der Waals surface area contributed by atoms with Crippen molar-refractivity contribution in [2.45, 2.75) is 13.1 Å². The maximum atomic E-state index is 13.7. The lowest BCUT2D eigenvalue weighted by Gasteiger charge is -2.23. The molecule has 3 aromatic carbocycles. The summed E-state index contributed by atoms with van der Waals surface area (Å²) in [6.07, 6.45) is 0. The van der Waals surface area contributed by atoms with E-state index in [0.29, 0.717) is 46.1 Å². The minimum Gasteiger partial charge on any atom is -0.493 e. The van der Waals surface area contributed by atoms with Crippen LogP contribution in [0.5, 0.6) is 17.2 Å². The summed E-state index contributed by atoms with van der Waals surface area (Å²) in [4.78, 5) is 35.3. The van der Waals surface area contributed by atoms with Crippen LogP contribution in [-0.2, 0) is 13.1 Å². The number of H-pyrrole nitrogens is 1. The summed E-state index contributed by atoms with van der Waals surface area (Å²) >= 11 is 0. The molecule has 0 radical (unpaired) electrons. The summed E-state index contributed by atoms with van der Waals surface area (Å²) in [5, 5.41) is 0.497. The molecule has 4 aromatic rings. The first kappa shape index (κ1) is 22.8. The van der Waals surface area contributed by atoms with Crippen molar-refractivity contribution >= 4 is 16.8 Å². The zero-order chi connectivity index (χ0) is 24.1. The van der Waals surface area contributed by atoms with Crippen LogP contribution in [0.4, 0.5) is 0 Å². The Balaban J connectivity index is 1.75. The van der Waals surface area contributed by atoms with Gasteiger partial charge >= 0.3 is 0 Å². The van der Waals surface area contributed by atoms with Crippen molar-refractivity contribution in [2.24, 2.45) is 0 Å². The van der Waals surface area contributed by atoms with Gasteiger partial charge in [0.25, 0.3) is 11.5 Å². The highest BCUT2D eigenvalue weighted by molar-refractivity contribution is 5.95. The van der Waals surface area contributed by atoms with E-state index in [0.717, 1.165) is 5.56 Å². The average Bonchev–Trinajstić information content (AvgIpc) is 2.87. The number of hydrogen-bond acceptors (Lipinski definition) is 6. The first-order valence-electron chi connectivity index (χ1n) is 10.6. The molecular formula is C26H25N3O5. The van der Waals surface area contributed by atoms with Gasteiger partial charge in [0.1, 0.15) is 5.82 Å². The number of nitrogens with zero attached hydrogens (tertiary/aromatic N) is 2. The van der Waals surface area contributed by atoms with Crippen LogP contribution in [0, 0.1) is 0 Å². The Hall–Kier alpha value is -4.33. The number of carbonyl (C=O) groups excluding carboxylic acids is 1. The first-order chi connectivity index (χ1) is 16.5. The maximum absolute atomic E-state index is 13.7. The SMILES string of the molecule is COc1cc(C(=O)N(Cc2ccccc2)Cc2nc3ccccc3c(=O)[nH]2)cc(OC)c1OC. The molecule has 0 atom stereocenters. The molecule has 0 aliphatic heterocycles. The fourth-order valence-electron chi connectivity index (χ4n) is 3.78. The van der Waals surface area contributed by atoms with Gasteiger partial charge in [-0.1, -0.05) is 42.5 Å². The van der Waals surface area contributed by atoms with Crippen LogP contribution in [-0.4, -0.2) is 42.1 Å². The third-order valence-corrected chi connectivity index (χ3v) is 5.42. The largest absolute Gasteiger partial charge is 0.493 e. The van der Waals surface area contributed by atoms with Crippen LogP contribution in [0.1, 0.15) is 21.7 Å². The lowest BCUT2D eigenvalue weighted by atomic mass is 10.1. The molecule has 0 saturated heterocycles. The third kappa shape index (κ3) is 4.71. The normalized spacial score (nSPS) is 10.7. The van der Waals surface area contributed by atoms with Crippen molar-refractivity contribution in [1.82, 2.24) is 14.9 Å². The van der Waals surface area contributed by atoms with Crippen LogP contribution in [0.3, 0.4) is 0 Å². The zero-order valence-corrected chi connectivity index (χ0v) is 19.2. The molecule has 0 bridgehead atoms. The van der Waals surface area contributed by atoms with Gasteiger partial charge in [-0.2, -0.15) is 0 Å². The highest BCUT2D eigenvalue weighted by atomic mass is 16.5. The van der Waals surface area contributed by atoms with Gasteiger partial charge in [-0.25, -0.2) is 4.98 Å². The Morgan fingerprint density at radius 1 is 0.882 bits per heavy atom. The minimum absolute atomic E-state index is 0.102. The molecule has 1 N–H and O–H groups in total. The van der Waals surface area contributed by atoms with Crippen LogP contribution >= 0.6 is 0 Å². The fourth-order valence-corrected chi connectivity index (χ4v) is 3.78. The van der Waals surface area contributed by atoms with Gasteiger partial charge in [-0.15, -0.1) is 0 Å². The predicted octanol–water partition coefficient (Wildman–Crippen LogP) is 3.79. The van der Waals surface area contributed by atoms with Crippen LogP contribution in [0.25, 0.3) is 10.9 Å². The van der Waals surface area contributed by atoms with E-state index in [2.05, 4.69) is 9.97 Å². The summed E-state index contributed by atoms with van der Waals surface area (Å²) in [7, 11) is 4.50. The number of methoxy groups -OCH3 is 3. The molecule has 34 heavy (non-hydrogen) atoms. The van der Waals surface area contributed by atoms with Crippen molar-refractivity contribution in [3.8, 4) is 17.2 Å². The molecular weight excluding hydrogens is 434 g/mol. The Labute approximate surface area is 196 Å². The van der Waals surface area contributed by atoms with Crippen molar-refractivity contribution in [1.29, 1.82) is 0 Å². The number of para-hydroxylation sites is 1. The quantitative estimate of drug-likeness (QED) is 0.431. The van der Waals surface area contributed by atoms with Gasteiger partial charge in [0.15, 0.2) is 11.5 Å². The molecule has 8 heteroatoms. The van der Waals surface area contributed by atoms with Gasteiger partial charge in [0.2, 0.25) is 5.75 Å². The summed E-state index contributed by atoms with van der Waals surface area (Å²) in [6.45, 7) is 0.414. The summed E-state index contributed by atoms with van der Waals surface area (Å²) < 4.78 is 16.2. The van der Waals surface area contributed by atoms with E-state index >= 15 is 0 Å². The molecule has 8 nitrogen and oxygen atoms in total. The number of aromatic nitrogens is 2. The average molecular weight is 460 g/mol. The van der Waals surface area contributed by atoms with E-state index in [9.17, 15) is 9.59 Å². The van der Waals surface area contributed by atoms with Crippen molar-refractivity contribution in [3.63, 3.8) is 0 Å².